The van der Waals surface area contributed by atoms with Gasteiger partial charge in [0.25, 0.3) is 0 Å². The lowest BCUT2D eigenvalue weighted by Crippen LogP contribution is -2.12. The second-order valence-electron chi connectivity index (χ2n) is 4.33. The maximum absolute atomic E-state index is 12.9. The van der Waals surface area contributed by atoms with Crippen molar-refractivity contribution in [3.05, 3.63) is 53.3 Å². The number of halogens is 1. The van der Waals surface area contributed by atoms with Crippen molar-refractivity contribution in [3.63, 3.8) is 0 Å². The molecule has 0 heterocycles. The lowest BCUT2D eigenvalue weighted by molar-refractivity contribution is 0.0918. The average Bonchev–Trinajstić information content (AvgIpc) is 2.40. The van der Waals surface area contributed by atoms with E-state index in [9.17, 15) is 19.4 Å². The fraction of sp³-hybridized carbons (Fsp3) is 0.133. The predicted molar refractivity (Wildman–Crippen MR) is 70.7 cm³/mol. The average molecular weight is 276 g/mol. The first-order valence-corrected chi connectivity index (χ1v) is 5.91. The van der Waals surface area contributed by atoms with Gasteiger partial charge in [-0.3, -0.25) is 4.79 Å². The molecule has 0 unspecified atom stereocenters. The number of hydrogen-bond acceptors (Lipinski definition) is 4. The second kappa shape index (κ2) is 5.61. The van der Waals surface area contributed by atoms with Gasteiger partial charge in [0.1, 0.15) is 23.1 Å². The monoisotopic (exact) mass is 276 g/mol. The van der Waals surface area contributed by atoms with E-state index in [2.05, 4.69) is 0 Å². The van der Waals surface area contributed by atoms with Gasteiger partial charge in [0.05, 0.1) is 5.56 Å². The Morgan fingerprint density at radius 3 is 2.65 bits per heavy atom. The van der Waals surface area contributed by atoms with Crippen LogP contribution in [-0.4, -0.2) is 22.6 Å². The maximum atomic E-state index is 12.9. The quantitative estimate of drug-likeness (QED) is 0.843. The van der Waals surface area contributed by atoms with Crippen molar-refractivity contribution < 1.29 is 24.1 Å². The van der Waals surface area contributed by atoms with Crippen LogP contribution in [0, 0.1) is 12.7 Å². The van der Waals surface area contributed by atoms with Gasteiger partial charge in [0.15, 0.2) is 6.61 Å². The first-order chi connectivity index (χ1) is 9.47. The number of carbonyl (C=O) groups excluding carboxylic acids is 1. The number of Topliss-reactive ketones (excluding diaryl/α,β-unsaturated/α-hetero) is 1. The molecule has 0 aliphatic rings. The van der Waals surface area contributed by atoms with Crippen LogP contribution in [0.5, 0.6) is 17.2 Å². The number of rotatable bonds is 4. The van der Waals surface area contributed by atoms with Crippen molar-refractivity contribution in [2.75, 3.05) is 6.61 Å². The Bertz CT molecular complexity index is 652. The smallest absolute Gasteiger partial charge is 0.203 e. The Balaban J connectivity index is 2.11. The third-order valence-electron chi connectivity index (χ3n) is 2.78. The van der Waals surface area contributed by atoms with Crippen LogP contribution >= 0.6 is 0 Å². The van der Waals surface area contributed by atoms with Gasteiger partial charge in [-0.1, -0.05) is 6.07 Å². The Morgan fingerprint density at radius 1 is 1.20 bits per heavy atom. The summed E-state index contributed by atoms with van der Waals surface area (Å²) in [6.45, 7) is 1.28. The predicted octanol–water partition coefficient (Wildman–Crippen LogP) is 2.81. The van der Waals surface area contributed by atoms with E-state index >= 15 is 0 Å². The molecule has 20 heavy (non-hydrogen) atoms. The number of hydrogen-bond donors (Lipinski definition) is 2. The number of ether oxygens (including phenoxy) is 1. The summed E-state index contributed by atoms with van der Waals surface area (Å²) in [6.07, 6.45) is 0. The number of phenolic OH excluding ortho intramolecular Hbond substituents is 2. The van der Waals surface area contributed by atoms with Crippen LogP contribution in [0.15, 0.2) is 36.4 Å². The van der Waals surface area contributed by atoms with Crippen molar-refractivity contribution in [1.82, 2.24) is 0 Å². The van der Waals surface area contributed by atoms with Crippen LogP contribution in [0.1, 0.15) is 15.9 Å². The summed E-state index contributed by atoms with van der Waals surface area (Å²) in [5, 5.41) is 19.0. The van der Waals surface area contributed by atoms with Crippen LogP contribution in [-0.2, 0) is 0 Å². The summed E-state index contributed by atoms with van der Waals surface area (Å²) >= 11 is 0. The number of phenols is 2. The van der Waals surface area contributed by atoms with Crippen molar-refractivity contribution >= 4 is 5.78 Å². The Morgan fingerprint density at radius 2 is 1.95 bits per heavy atom. The highest BCUT2D eigenvalue weighted by Gasteiger charge is 2.14. The van der Waals surface area contributed by atoms with Crippen LogP contribution in [0.2, 0.25) is 0 Å². The Kier molecular flexibility index (Phi) is 3.89. The number of ketones is 1. The number of aromatic hydroxyl groups is 2. The van der Waals surface area contributed by atoms with E-state index in [1.807, 2.05) is 0 Å². The minimum atomic E-state index is -0.463. The highest BCUT2D eigenvalue weighted by atomic mass is 19.1. The molecular formula is C15H13FO4. The van der Waals surface area contributed by atoms with Gasteiger partial charge in [0, 0.05) is 12.1 Å². The zero-order valence-corrected chi connectivity index (χ0v) is 10.8. The van der Waals surface area contributed by atoms with Gasteiger partial charge in [-0.15, -0.1) is 0 Å². The molecule has 0 saturated heterocycles. The fourth-order valence-corrected chi connectivity index (χ4v) is 1.69. The van der Waals surface area contributed by atoms with E-state index in [4.69, 9.17) is 4.74 Å². The van der Waals surface area contributed by atoms with Crippen molar-refractivity contribution in [2.45, 2.75) is 6.92 Å². The topological polar surface area (TPSA) is 66.8 Å². The molecule has 104 valence electrons. The van der Waals surface area contributed by atoms with Gasteiger partial charge in [0.2, 0.25) is 5.78 Å². The minimum absolute atomic E-state index is 0.0525. The summed E-state index contributed by atoms with van der Waals surface area (Å²) in [6, 6.07) is 7.90. The Labute approximate surface area is 115 Å². The summed E-state index contributed by atoms with van der Waals surface area (Å²) in [4.78, 5) is 11.9. The summed E-state index contributed by atoms with van der Waals surface area (Å²) in [5.74, 6) is -1.10. The molecule has 2 rings (SSSR count). The molecule has 5 heteroatoms. The molecule has 2 aromatic rings. The molecule has 0 aromatic heterocycles. The van der Waals surface area contributed by atoms with E-state index < -0.39 is 11.6 Å². The van der Waals surface area contributed by atoms with Crippen LogP contribution in [0.25, 0.3) is 0 Å². The van der Waals surface area contributed by atoms with E-state index in [1.165, 1.54) is 24.3 Å². The Hall–Kier alpha value is -2.56. The molecule has 2 N–H and O–H groups in total. The normalized spacial score (nSPS) is 10.3. The summed E-state index contributed by atoms with van der Waals surface area (Å²) in [7, 11) is 0. The van der Waals surface area contributed by atoms with E-state index in [0.717, 1.165) is 12.1 Å². The highest BCUT2D eigenvalue weighted by molar-refractivity contribution is 6.00. The van der Waals surface area contributed by atoms with Crippen LogP contribution in [0.4, 0.5) is 4.39 Å². The van der Waals surface area contributed by atoms with E-state index in [1.54, 1.807) is 6.92 Å². The fourth-order valence-electron chi connectivity index (χ4n) is 1.69. The summed E-state index contributed by atoms with van der Waals surface area (Å²) < 4.78 is 18.1. The standard InChI is InChI=1S/C15H13FO4/c1-9-5-12(14(18)7-13(9)17)15(19)8-20-11-4-2-3-10(16)6-11/h2-7,17-18H,8H2,1H3. The first kappa shape index (κ1) is 13.9. The summed E-state index contributed by atoms with van der Waals surface area (Å²) in [5.41, 5.74) is 0.522. The molecule has 0 fully saturated rings. The third kappa shape index (κ3) is 3.06. The maximum Gasteiger partial charge on any atom is 0.203 e. The number of aryl methyl sites for hydroxylation is 1. The SMILES string of the molecule is Cc1cc(C(=O)COc2cccc(F)c2)c(O)cc1O. The van der Waals surface area contributed by atoms with Crippen molar-refractivity contribution in [2.24, 2.45) is 0 Å². The third-order valence-corrected chi connectivity index (χ3v) is 2.78. The molecular weight excluding hydrogens is 263 g/mol. The van der Waals surface area contributed by atoms with Gasteiger partial charge < -0.3 is 14.9 Å². The largest absolute Gasteiger partial charge is 0.508 e. The van der Waals surface area contributed by atoms with Gasteiger partial charge in [-0.2, -0.15) is 0 Å². The molecule has 0 atom stereocenters. The molecule has 0 radical (unpaired) electrons. The number of carbonyl (C=O) groups is 1. The molecule has 4 nitrogen and oxygen atoms in total. The van der Waals surface area contributed by atoms with E-state index in [-0.39, 0.29) is 29.4 Å². The van der Waals surface area contributed by atoms with Crippen LogP contribution in [0.3, 0.4) is 0 Å². The van der Waals surface area contributed by atoms with Crippen molar-refractivity contribution in [3.8, 4) is 17.2 Å². The van der Waals surface area contributed by atoms with E-state index in [0.29, 0.717) is 5.56 Å². The molecule has 0 spiro atoms. The molecule has 0 bridgehead atoms. The van der Waals surface area contributed by atoms with Gasteiger partial charge in [-0.25, -0.2) is 4.39 Å². The minimum Gasteiger partial charge on any atom is -0.508 e. The highest BCUT2D eigenvalue weighted by Crippen LogP contribution is 2.27. The molecule has 2 aromatic carbocycles. The van der Waals surface area contributed by atoms with Crippen LogP contribution < -0.4 is 4.74 Å². The zero-order chi connectivity index (χ0) is 14.7. The van der Waals surface area contributed by atoms with Gasteiger partial charge in [-0.05, 0) is 30.7 Å². The number of benzene rings is 2. The lowest BCUT2D eigenvalue weighted by atomic mass is 10.1. The van der Waals surface area contributed by atoms with Gasteiger partial charge >= 0.3 is 0 Å². The lowest BCUT2D eigenvalue weighted by Gasteiger charge is -2.08. The van der Waals surface area contributed by atoms with Crippen molar-refractivity contribution in [1.29, 1.82) is 0 Å². The first-order valence-electron chi connectivity index (χ1n) is 5.91. The zero-order valence-electron chi connectivity index (χ0n) is 10.8. The molecule has 0 aliphatic carbocycles. The molecule has 0 saturated carbocycles. The second-order valence-corrected chi connectivity index (χ2v) is 4.33. The molecule has 0 aliphatic heterocycles. The molecule has 0 amide bonds.